The largest absolute Gasteiger partial charge is 0.416 e. The van der Waals surface area contributed by atoms with Crippen LogP contribution in [0.1, 0.15) is 19.3 Å². The monoisotopic (exact) mass is 213 g/mol. The Labute approximate surface area is 80.0 Å². The van der Waals surface area contributed by atoms with Crippen LogP contribution in [0.2, 0.25) is 0 Å². The molecule has 6 heteroatoms. The number of aliphatic hydroxyl groups is 1. The number of hydrogen-bond donors (Lipinski definition) is 2. The van der Waals surface area contributed by atoms with Crippen LogP contribution in [0.4, 0.5) is 13.2 Å². The van der Waals surface area contributed by atoms with Gasteiger partial charge in [0.2, 0.25) is 0 Å². The first-order valence-electron chi connectivity index (χ1n) is 4.51. The minimum atomic E-state index is -4.60. The molecule has 0 heterocycles. The van der Waals surface area contributed by atoms with Crippen LogP contribution >= 0.6 is 0 Å². The zero-order valence-corrected chi connectivity index (χ0v) is 7.63. The van der Waals surface area contributed by atoms with Crippen molar-refractivity contribution in [2.45, 2.75) is 43.7 Å². The van der Waals surface area contributed by atoms with Crippen molar-refractivity contribution in [2.75, 3.05) is 6.61 Å². The van der Waals surface area contributed by atoms with Gasteiger partial charge < -0.3 is 15.6 Å². The van der Waals surface area contributed by atoms with Crippen molar-refractivity contribution in [1.29, 1.82) is 0 Å². The highest BCUT2D eigenvalue weighted by molar-refractivity contribution is 4.78. The second-order valence-electron chi connectivity index (χ2n) is 3.59. The van der Waals surface area contributed by atoms with Crippen molar-refractivity contribution in [1.82, 2.24) is 0 Å². The molecule has 14 heavy (non-hydrogen) atoms. The third-order valence-corrected chi connectivity index (χ3v) is 2.29. The Kier molecular flexibility index (Phi) is 3.74. The lowest BCUT2D eigenvalue weighted by Crippen LogP contribution is -2.34. The van der Waals surface area contributed by atoms with E-state index in [0.29, 0.717) is 12.8 Å². The van der Waals surface area contributed by atoms with Gasteiger partial charge in [0.05, 0.1) is 12.7 Å². The SMILES string of the molecule is NC1CCC(OCC(O)C(F)(F)F)C1. The van der Waals surface area contributed by atoms with Crippen molar-refractivity contribution in [3.8, 4) is 0 Å². The minimum Gasteiger partial charge on any atom is -0.382 e. The Balaban J connectivity index is 2.21. The average molecular weight is 213 g/mol. The molecule has 3 atom stereocenters. The van der Waals surface area contributed by atoms with Gasteiger partial charge in [0.25, 0.3) is 0 Å². The summed E-state index contributed by atoms with van der Waals surface area (Å²) in [5.74, 6) is 0. The number of halogens is 3. The summed E-state index contributed by atoms with van der Waals surface area (Å²) < 4.78 is 40.4. The van der Waals surface area contributed by atoms with Crippen LogP contribution in [0.15, 0.2) is 0 Å². The summed E-state index contributed by atoms with van der Waals surface area (Å²) in [7, 11) is 0. The van der Waals surface area contributed by atoms with E-state index in [1.807, 2.05) is 0 Å². The zero-order valence-electron chi connectivity index (χ0n) is 7.63. The zero-order chi connectivity index (χ0) is 10.8. The van der Waals surface area contributed by atoms with Gasteiger partial charge in [-0.15, -0.1) is 0 Å². The van der Waals surface area contributed by atoms with E-state index in [2.05, 4.69) is 0 Å². The van der Waals surface area contributed by atoms with E-state index >= 15 is 0 Å². The summed E-state index contributed by atoms with van der Waals surface area (Å²) in [5, 5.41) is 8.63. The first kappa shape index (κ1) is 11.7. The van der Waals surface area contributed by atoms with E-state index in [9.17, 15) is 13.2 Å². The van der Waals surface area contributed by atoms with E-state index < -0.39 is 18.9 Å². The van der Waals surface area contributed by atoms with E-state index in [0.717, 1.165) is 6.42 Å². The molecule has 1 rings (SSSR count). The van der Waals surface area contributed by atoms with Gasteiger partial charge in [0, 0.05) is 6.04 Å². The highest BCUT2D eigenvalue weighted by Gasteiger charge is 2.39. The number of nitrogens with two attached hydrogens (primary N) is 1. The van der Waals surface area contributed by atoms with Crippen LogP contribution in [0.25, 0.3) is 0 Å². The van der Waals surface area contributed by atoms with Crippen molar-refractivity contribution < 1.29 is 23.0 Å². The Hall–Kier alpha value is -0.330. The van der Waals surface area contributed by atoms with Gasteiger partial charge in [-0.2, -0.15) is 13.2 Å². The second kappa shape index (κ2) is 4.46. The maximum atomic E-state index is 11.8. The fourth-order valence-electron chi connectivity index (χ4n) is 1.45. The maximum absolute atomic E-state index is 11.8. The van der Waals surface area contributed by atoms with E-state index in [1.165, 1.54) is 0 Å². The molecule has 1 saturated carbocycles. The van der Waals surface area contributed by atoms with E-state index in [4.69, 9.17) is 15.6 Å². The molecule has 1 aliphatic carbocycles. The molecule has 3 nitrogen and oxygen atoms in total. The van der Waals surface area contributed by atoms with Gasteiger partial charge >= 0.3 is 6.18 Å². The van der Waals surface area contributed by atoms with Gasteiger partial charge in [-0.25, -0.2) is 0 Å². The third kappa shape index (κ3) is 3.43. The summed E-state index contributed by atoms with van der Waals surface area (Å²) in [4.78, 5) is 0. The second-order valence-corrected chi connectivity index (χ2v) is 3.59. The van der Waals surface area contributed by atoms with Crippen LogP contribution < -0.4 is 5.73 Å². The van der Waals surface area contributed by atoms with Crippen molar-refractivity contribution in [3.05, 3.63) is 0 Å². The topological polar surface area (TPSA) is 55.5 Å². The predicted octanol–water partition coefficient (Wildman–Crippen LogP) is 0.806. The molecule has 0 amide bonds. The molecular weight excluding hydrogens is 199 g/mol. The molecule has 3 unspecified atom stereocenters. The Morgan fingerprint density at radius 2 is 2.07 bits per heavy atom. The molecule has 1 aliphatic rings. The Morgan fingerprint density at radius 1 is 1.43 bits per heavy atom. The average Bonchev–Trinajstić information content (AvgIpc) is 2.45. The molecule has 0 saturated heterocycles. The number of hydrogen-bond acceptors (Lipinski definition) is 3. The van der Waals surface area contributed by atoms with Crippen LogP contribution in [0.5, 0.6) is 0 Å². The number of aliphatic hydroxyl groups excluding tert-OH is 1. The lowest BCUT2D eigenvalue weighted by molar-refractivity contribution is -0.220. The van der Waals surface area contributed by atoms with E-state index in [1.54, 1.807) is 0 Å². The van der Waals surface area contributed by atoms with Gasteiger partial charge in [0.1, 0.15) is 0 Å². The van der Waals surface area contributed by atoms with Gasteiger partial charge in [0.15, 0.2) is 6.10 Å². The lowest BCUT2D eigenvalue weighted by atomic mass is 10.3. The summed E-state index contributed by atoms with van der Waals surface area (Å²) >= 11 is 0. The molecule has 0 aromatic carbocycles. The maximum Gasteiger partial charge on any atom is 0.416 e. The third-order valence-electron chi connectivity index (χ3n) is 2.29. The highest BCUT2D eigenvalue weighted by atomic mass is 19.4. The molecule has 0 spiro atoms. The van der Waals surface area contributed by atoms with Crippen molar-refractivity contribution in [2.24, 2.45) is 5.73 Å². The smallest absolute Gasteiger partial charge is 0.382 e. The molecular formula is C8H14F3NO2. The van der Waals surface area contributed by atoms with Gasteiger partial charge in [-0.05, 0) is 19.3 Å². The van der Waals surface area contributed by atoms with Crippen LogP contribution in [0, 0.1) is 0 Å². The van der Waals surface area contributed by atoms with Crippen LogP contribution in [0.3, 0.4) is 0 Å². The molecule has 3 N–H and O–H groups in total. The quantitative estimate of drug-likeness (QED) is 0.729. The number of alkyl halides is 3. The molecule has 0 bridgehead atoms. The first-order valence-corrected chi connectivity index (χ1v) is 4.51. The first-order chi connectivity index (χ1) is 6.39. The molecule has 84 valence electrons. The Morgan fingerprint density at radius 3 is 2.50 bits per heavy atom. The summed E-state index contributed by atoms with van der Waals surface area (Å²) in [6, 6.07) is 0.0167. The fourth-order valence-corrected chi connectivity index (χ4v) is 1.45. The van der Waals surface area contributed by atoms with Gasteiger partial charge in [-0.3, -0.25) is 0 Å². The van der Waals surface area contributed by atoms with Crippen LogP contribution in [-0.2, 0) is 4.74 Å². The number of ether oxygens (including phenoxy) is 1. The number of rotatable bonds is 3. The summed E-state index contributed by atoms with van der Waals surface area (Å²) in [5.41, 5.74) is 5.55. The fraction of sp³-hybridized carbons (Fsp3) is 1.00. The molecule has 0 radical (unpaired) electrons. The van der Waals surface area contributed by atoms with Crippen molar-refractivity contribution >= 4 is 0 Å². The normalized spacial score (nSPS) is 30.6. The van der Waals surface area contributed by atoms with Crippen molar-refractivity contribution in [3.63, 3.8) is 0 Å². The summed E-state index contributed by atoms with van der Waals surface area (Å²) in [6.07, 6.45) is -5.20. The summed E-state index contributed by atoms with van der Waals surface area (Å²) in [6.45, 7) is -0.694. The lowest BCUT2D eigenvalue weighted by Gasteiger charge is -2.17. The molecule has 0 aliphatic heterocycles. The predicted molar refractivity (Wildman–Crippen MR) is 43.6 cm³/mol. The standard InChI is InChI=1S/C8H14F3NO2/c9-8(10,11)7(13)4-14-6-2-1-5(12)3-6/h5-7,13H,1-4,12H2. The highest BCUT2D eigenvalue weighted by Crippen LogP contribution is 2.24. The van der Waals surface area contributed by atoms with Gasteiger partial charge in [-0.1, -0.05) is 0 Å². The minimum absolute atomic E-state index is 0.0167. The Bertz CT molecular complexity index is 186. The molecule has 0 aromatic heterocycles. The van der Waals surface area contributed by atoms with E-state index in [-0.39, 0.29) is 12.1 Å². The molecule has 1 fully saturated rings. The molecule has 0 aromatic rings. The van der Waals surface area contributed by atoms with Crippen LogP contribution in [-0.4, -0.2) is 36.1 Å².